The summed E-state index contributed by atoms with van der Waals surface area (Å²) in [5.41, 5.74) is 3.64. The van der Waals surface area contributed by atoms with Crippen molar-refractivity contribution in [2.24, 2.45) is 0 Å². The molecule has 0 aliphatic heterocycles. The van der Waals surface area contributed by atoms with Crippen LogP contribution in [0.5, 0.6) is 0 Å². The largest absolute Gasteiger partial charge is 0.476 e. The standard InChI is InChI=1S/C14H15NO3S/c1-8-4-9(2)13(10(3)5-8)19-7-11-6-12(14(16)17)15-18-11/h4-6H,7H2,1-3H3,(H,16,17). The number of benzene rings is 1. The zero-order valence-corrected chi connectivity index (χ0v) is 11.9. The number of nitrogens with zero attached hydrogens (tertiary/aromatic N) is 1. The van der Waals surface area contributed by atoms with Crippen molar-refractivity contribution < 1.29 is 14.4 Å². The van der Waals surface area contributed by atoms with Crippen molar-refractivity contribution in [3.8, 4) is 0 Å². The van der Waals surface area contributed by atoms with Crippen LogP contribution in [0.25, 0.3) is 0 Å². The molecular weight excluding hydrogens is 262 g/mol. The van der Waals surface area contributed by atoms with Crippen LogP contribution in [0.15, 0.2) is 27.6 Å². The molecule has 0 amide bonds. The summed E-state index contributed by atoms with van der Waals surface area (Å²) in [5, 5.41) is 12.3. The lowest BCUT2D eigenvalue weighted by atomic mass is 10.1. The van der Waals surface area contributed by atoms with Crippen molar-refractivity contribution in [1.82, 2.24) is 5.16 Å². The van der Waals surface area contributed by atoms with Crippen LogP contribution in [0, 0.1) is 20.8 Å². The molecule has 1 N–H and O–H groups in total. The van der Waals surface area contributed by atoms with E-state index in [1.807, 2.05) is 0 Å². The number of carbonyl (C=O) groups is 1. The van der Waals surface area contributed by atoms with Crippen LogP contribution in [0.1, 0.15) is 32.9 Å². The lowest BCUT2D eigenvalue weighted by molar-refractivity contribution is 0.0685. The Bertz CT molecular complexity index is 596. The van der Waals surface area contributed by atoms with E-state index < -0.39 is 5.97 Å². The van der Waals surface area contributed by atoms with Crippen LogP contribution in [0.3, 0.4) is 0 Å². The molecule has 0 fully saturated rings. The van der Waals surface area contributed by atoms with Crippen molar-refractivity contribution in [1.29, 1.82) is 0 Å². The van der Waals surface area contributed by atoms with Crippen LogP contribution in [0.2, 0.25) is 0 Å². The molecule has 0 bridgehead atoms. The molecule has 4 nitrogen and oxygen atoms in total. The zero-order chi connectivity index (χ0) is 14.0. The second-order valence-corrected chi connectivity index (χ2v) is 5.49. The van der Waals surface area contributed by atoms with E-state index in [2.05, 4.69) is 38.1 Å². The van der Waals surface area contributed by atoms with Gasteiger partial charge < -0.3 is 9.63 Å². The van der Waals surface area contributed by atoms with Crippen LogP contribution in [-0.2, 0) is 5.75 Å². The van der Waals surface area contributed by atoms with Gasteiger partial charge in [0.05, 0.1) is 5.75 Å². The number of hydrogen-bond donors (Lipinski definition) is 1. The predicted octanol–water partition coefficient (Wildman–Crippen LogP) is 3.59. The van der Waals surface area contributed by atoms with E-state index in [-0.39, 0.29) is 5.69 Å². The van der Waals surface area contributed by atoms with E-state index in [1.165, 1.54) is 27.7 Å². The molecule has 0 aliphatic carbocycles. The molecule has 1 aromatic carbocycles. The van der Waals surface area contributed by atoms with Gasteiger partial charge in [0.2, 0.25) is 0 Å². The molecule has 0 atom stereocenters. The van der Waals surface area contributed by atoms with Gasteiger partial charge in [-0.25, -0.2) is 4.79 Å². The molecule has 0 radical (unpaired) electrons. The van der Waals surface area contributed by atoms with E-state index in [0.717, 1.165) is 0 Å². The first-order chi connectivity index (χ1) is 8.97. The Morgan fingerprint density at radius 3 is 2.42 bits per heavy atom. The Labute approximate surface area is 115 Å². The van der Waals surface area contributed by atoms with E-state index in [0.29, 0.717) is 11.5 Å². The van der Waals surface area contributed by atoms with Gasteiger partial charge in [-0.3, -0.25) is 0 Å². The first-order valence-electron chi connectivity index (χ1n) is 5.87. The Hall–Kier alpha value is -1.75. The lowest BCUT2D eigenvalue weighted by Crippen LogP contribution is -1.94. The topological polar surface area (TPSA) is 63.3 Å². The molecule has 5 heteroatoms. The number of aryl methyl sites for hydroxylation is 3. The molecule has 2 rings (SSSR count). The van der Waals surface area contributed by atoms with Crippen molar-refractivity contribution in [3.63, 3.8) is 0 Å². The van der Waals surface area contributed by atoms with Gasteiger partial charge in [0, 0.05) is 11.0 Å². The SMILES string of the molecule is Cc1cc(C)c(SCc2cc(C(=O)O)no2)c(C)c1. The van der Waals surface area contributed by atoms with Crippen molar-refractivity contribution >= 4 is 17.7 Å². The summed E-state index contributed by atoms with van der Waals surface area (Å²) < 4.78 is 5.00. The first-order valence-corrected chi connectivity index (χ1v) is 6.85. The monoisotopic (exact) mass is 277 g/mol. The molecule has 2 aromatic rings. The second kappa shape index (κ2) is 5.48. The summed E-state index contributed by atoms with van der Waals surface area (Å²) in [7, 11) is 0. The Balaban J connectivity index is 2.12. The van der Waals surface area contributed by atoms with Gasteiger partial charge in [0.1, 0.15) is 5.76 Å². The molecule has 100 valence electrons. The minimum absolute atomic E-state index is 0.0482. The third kappa shape index (κ3) is 3.17. The van der Waals surface area contributed by atoms with E-state index in [1.54, 1.807) is 11.8 Å². The quantitative estimate of drug-likeness (QED) is 0.865. The number of carboxylic acid groups (broad SMARTS) is 1. The second-order valence-electron chi connectivity index (χ2n) is 4.50. The molecule has 0 aliphatic rings. The maximum atomic E-state index is 10.7. The number of aromatic nitrogens is 1. The Morgan fingerprint density at radius 2 is 1.89 bits per heavy atom. The average molecular weight is 277 g/mol. The number of carboxylic acids is 1. The highest BCUT2D eigenvalue weighted by molar-refractivity contribution is 7.98. The summed E-state index contributed by atoms with van der Waals surface area (Å²) in [5.74, 6) is 0.0786. The summed E-state index contributed by atoms with van der Waals surface area (Å²) in [6.45, 7) is 6.22. The van der Waals surface area contributed by atoms with Gasteiger partial charge in [-0.2, -0.15) is 0 Å². The van der Waals surface area contributed by atoms with Crippen molar-refractivity contribution in [3.05, 3.63) is 46.3 Å². The fraction of sp³-hybridized carbons (Fsp3) is 0.286. The third-order valence-corrected chi connectivity index (χ3v) is 4.10. The van der Waals surface area contributed by atoms with Gasteiger partial charge in [-0.1, -0.05) is 22.9 Å². The van der Waals surface area contributed by atoms with E-state index >= 15 is 0 Å². The molecular formula is C14H15NO3S. The van der Waals surface area contributed by atoms with E-state index in [9.17, 15) is 4.79 Å². The van der Waals surface area contributed by atoms with Crippen LogP contribution in [-0.4, -0.2) is 16.2 Å². The number of hydrogen-bond acceptors (Lipinski definition) is 4. The van der Waals surface area contributed by atoms with Crippen molar-refractivity contribution in [2.45, 2.75) is 31.4 Å². The summed E-state index contributed by atoms with van der Waals surface area (Å²) in [4.78, 5) is 11.9. The molecule has 0 spiro atoms. The van der Waals surface area contributed by atoms with Crippen LogP contribution < -0.4 is 0 Å². The predicted molar refractivity (Wildman–Crippen MR) is 73.7 cm³/mol. The Kier molecular flexibility index (Phi) is 3.95. The number of aromatic carboxylic acids is 1. The normalized spacial score (nSPS) is 10.7. The van der Waals surface area contributed by atoms with Gasteiger partial charge in [-0.15, -0.1) is 11.8 Å². The number of thioether (sulfide) groups is 1. The minimum Gasteiger partial charge on any atom is -0.476 e. The fourth-order valence-corrected chi connectivity index (χ4v) is 3.02. The van der Waals surface area contributed by atoms with Gasteiger partial charge in [0.15, 0.2) is 5.69 Å². The van der Waals surface area contributed by atoms with Gasteiger partial charge in [0.25, 0.3) is 0 Å². The maximum absolute atomic E-state index is 10.7. The first kappa shape index (κ1) is 13.7. The maximum Gasteiger partial charge on any atom is 0.358 e. The smallest absolute Gasteiger partial charge is 0.358 e. The lowest BCUT2D eigenvalue weighted by Gasteiger charge is -2.09. The fourth-order valence-electron chi connectivity index (χ4n) is 2.02. The highest BCUT2D eigenvalue weighted by Crippen LogP contribution is 2.30. The third-order valence-electron chi connectivity index (χ3n) is 2.74. The molecule has 1 aromatic heterocycles. The summed E-state index contributed by atoms with van der Waals surface area (Å²) in [6, 6.07) is 5.74. The molecule has 1 heterocycles. The van der Waals surface area contributed by atoms with Gasteiger partial charge >= 0.3 is 5.97 Å². The van der Waals surface area contributed by atoms with Crippen LogP contribution in [0.4, 0.5) is 0 Å². The van der Waals surface area contributed by atoms with E-state index in [4.69, 9.17) is 9.63 Å². The molecule has 0 saturated heterocycles. The summed E-state index contributed by atoms with van der Waals surface area (Å²) >= 11 is 1.63. The molecule has 0 unspecified atom stereocenters. The zero-order valence-electron chi connectivity index (χ0n) is 11.1. The number of rotatable bonds is 4. The summed E-state index contributed by atoms with van der Waals surface area (Å²) in [6.07, 6.45) is 0. The van der Waals surface area contributed by atoms with Crippen molar-refractivity contribution in [2.75, 3.05) is 0 Å². The molecule has 0 saturated carbocycles. The Morgan fingerprint density at radius 1 is 1.26 bits per heavy atom. The minimum atomic E-state index is -1.07. The van der Waals surface area contributed by atoms with Crippen LogP contribution >= 0.6 is 11.8 Å². The average Bonchev–Trinajstić information content (AvgIpc) is 2.76. The molecule has 19 heavy (non-hydrogen) atoms. The highest BCUT2D eigenvalue weighted by atomic mass is 32.2. The highest BCUT2D eigenvalue weighted by Gasteiger charge is 2.12. The van der Waals surface area contributed by atoms with Gasteiger partial charge in [-0.05, 0) is 31.9 Å².